The topological polar surface area (TPSA) is 237 Å². The molecule has 17 nitrogen and oxygen atoms in total. The van der Waals surface area contributed by atoms with Crippen molar-refractivity contribution in [3.8, 4) is 0 Å². The number of hydrogen-bond acceptors (Lipinski definition) is 15. The van der Waals surface area contributed by atoms with Gasteiger partial charge in [0.1, 0.15) is 19.3 Å². The van der Waals surface area contributed by atoms with E-state index in [0.29, 0.717) is 44.9 Å². The number of allylic oxidation sites excluding steroid dienone is 36. The molecule has 0 fully saturated rings. The number of hydrogen-bond donors (Lipinski definition) is 3. The molecule has 0 aliphatic rings. The molecule has 0 rings (SSSR count). The summed E-state index contributed by atoms with van der Waals surface area (Å²) in [5.41, 5.74) is 0. The van der Waals surface area contributed by atoms with Crippen molar-refractivity contribution in [3.63, 3.8) is 0 Å². The molecule has 0 aliphatic carbocycles. The summed E-state index contributed by atoms with van der Waals surface area (Å²) in [7, 11) is -10.1. The molecule has 618 valence electrons. The minimum Gasteiger partial charge on any atom is -0.462 e. The van der Waals surface area contributed by atoms with Crippen LogP contribution in [-0.4, -0.2) is 96.7 Å². The largest absolute Gasteiger partial charge is 0.472 e. The first-order valence-electron chi connectivity index (χ1n) is 41.0. The second kappa shape index (κ2) is 80.4. The van der Waals surface area contributed by atoms with Gasteiger partial charge < -0.3 is 33.8 Å². The number of aliphatic hydroxyl groups excluding tert-OH is 1. The quantitative estimate of drug-likeness (QED) is 0.0169. The lowest BCUT2D eigenvalue weighted by Gasteiger charge is -2.21. The van der Waals surface area contributed by atoms with E-state index in [4.69, 9.17) is 37.0 Å². The predicted molar refractivity (Wildman–Crippen MR) is 454 cm³/mol. The van der Waals surface area contributed by atoms with E-state index in [9.17, 15) is 43.2 Å². The smallest absolute Gasteiger partial charge is 0.462 e. The van der Waals surface area contributed by atoms with Crippen molar-refractivity contribution >= 4 is 39.5 Å². The van der Waals surface area contributed by atoms with Crippen LogP contribution in [0.3, 0.4) is 0 Å². The van der Waals surface area contributed by atoms with Gasteiger partial charge in [0, 0.05) is 25.7 Å². The van der Waals surface area contributed by atoms with Crippen molar-refractivity contribution in [3.05, 3.63) is 219 Å². The fourth-order valence-electron chi connectivity index (χ4n) is 9.76. The van der Waals surface area contributed by atoms with Crippen LogP contribution < -0.4 is 0 Å². The number of aliphatic hydroxyl groups is 1. The van der Waals surface area contributed by atoms with Gasteiger partial charge in [-0.15, -0.1) is 0 Å². The zero-order valence-corrected chi connectivity index (χ0v) is 69.4. The highest BCUT2D eigenvalue weighted by Crippen LogP contribution is 2.45. The first-order chi connectivity index (χ1) is 53.7. The lowest BCUT2D eigenvalue weighted by molar-refractivity contribution is -0.161. The Morgan fingerprint density at radius 2 is 0.500 bits per heavy atom. The van der Waals surface area contributed by atoms with Gasteiger partial charge in [-0.2, -0.15) is 0 Å². The van der Waals surface area contributed by atoms with Gasteiger partial charge in [0.25, 0.3) is 0 Å². The Bertz CT molecular complexity index is 2950. The van der Waals surface area contributed by atoms with E-state index >= 15 is 0 Å². The maximum Gasteiger partial charge on any atom is 0.472 e. The average Bonchev–Trinajstić information content (AvgIpc) is 0.907. The van der Waals surface area contributed by atoms with Crippen molar-refractivity contribution in [2.24, 2.45) is 0 Å². The van der Waals surface area contributed by atoms with Crippen molar-refractivity contribution in [1.29, 1.82) is 0 Å². The minimum atomic E-state index is -5.03. The Kier molecular flexibility index (Phi) is 75.6. The highest BCUT2D eigenvalue weighted by molar-refractivity contribution is 7.47. The lowest BCUT2D eigenvalue weighted by Crippen LogP contribution is -2.30. The summed E-state index contributed by atoms with van der Waals surface area (Å²) in [6, 6.07) is 0. The highest BCUT2D eigenvalue weighted by atomic mass is 31.2. The van der Waals surface area contributed by atoms with Crippen LogP contribution in [0.4, 0.5) is 0 Å². The summed E-state index contributed by atoms with van der Waals surface area (Å²) in [6.45, 7) is 4.30. The molecule has 0 radical (unpaired) electrons. The van der Waals surface area contributed by atoms with Crippen LogP contribution in [0.25, 0.3) is 0 Å². The first-order valence-corrected chi connectivity index (χ1v) is 44.0. The number of unbranched alkanes of at least 4 members (excludes halogenated alkanes) is 12. The van der Waals surface area contributed by atoms with E-state index in [2.05, 4.69) is 198 Å². The molecule has 0 amide bonds. The second-order valence-corrected chi connectivity index (χ2v) is 29.1. The molecule has 0 aromatic carbocycles. The number of carbonyl (C=O) groups is 4. The van der Waals surface area contributed by atoms with Gasteiger partial charge in [-0.05, 0) is 173 Å². The summed E-state index contributed by atoms with van der Waals surface area (Å²) in [5, 5.41) is 10.7. The summed E-state index contributed by atoms with van der Waals surface area (Å²) in [5.74, 6) is -2.48. The zero-order valence-electron chi connectivity index (χ0n) is 67.6. The molecule has 110 heavy (non-hydrogen) atoms. The molecule has 19 heteroatoms. The third-order valence-electron chi connectivity index (χ3n) is 15.9. The van der Waals surface area contributed by atoms with E-state index in [1.54, 1.807) is 0 Å². The molecular formula is C91H142O17P2. The molecule has 0 saturated heterocycles. The zero-order chi connectivity index (χ0) is 80.3. The molecular weight excluding hydrogens is 1430 g/mol. The summed E-state index contributed by atoms with van der Waals surface area (Å²) < 4.78 is 68.4. The number of phosphoric ester groups is 2. The van der Waals surface area contributed by atoms with E-state index in [0.717, 1.165) is 135 Å². The fourth-order valence-corrected chi connectivity index (χ4v) is 11.3. The van der Waals surface area contributed by atoms with Gasteiger partial charge in [-0.3, -0.25) is 37.3 Å². The van der Waals surface area contributed by atoms with E-state index in [1.165, 1.54) is 38.5 Å². The number of rotatable bonds is 74. The average molecular weight is 1570 g/mol. The van der Waals surface area contributed by atoms with Crippen molar-refractivity contribution in [2.75, 3.05) is 39.6 Å². The SMILES string of the molecule is CC/C=C\C/C=C\C/C=C\C/C=C\C/C=C\C/C=C\CCC(=O)O[C@H](COC(=O)CCC/C=C\C/C=C\C/C=C\C/C=C\CCCCC)COP(=O)(O)OC[C@@H](O)COP(=O)(O)OC[C@@H](COC(=O)CCCCCCC/C=C\C/C=C\CCCCC)OC(=O)CC/C=C\C/C=C\C/C=C\C/C=C\C/C=C\C/C=C\CC. The van der Waals surface area contributed by atoms with Crippen LogP contribution in [0.5, 0.6) is 0 Å². The Morgan fingerprint density at radius 1 is 0.264 bits per heavy atom. The number of esters is 4. The number of carbonyl (C=O) groups excluding carboxylic acids is 4. The van der Waals surface area contributed by atoms with Crippen LogP contribution >= 0.6 is 15.6 Å². The maximum absolute atomic E-state index is 13.1. The van der Waals surface area contributed by atoms with E-state index < -0.39 is 97.5 Å². The normalized spacial score (nSPS) is 14.9. The van der Waals surface area contributed by atoms with Crippen LogP contribution in [0.15, 0.2) is 219 Å². The summed E-state index contributed by atoms with van der Waals surface area (Å²) in [6.07, 6.45) is 102. The molecule has 5 atom stereocenters. The van der Waals surface area contributed by atoms with Gasteiger partial charge >= 0.3 is 39.5 Å². The Balaban J connectivity index is 5.61. The van der Waals surface area contributed by atoms with Gasteiger partial charge in [0.15, 0.2) is 12.2 Å². The number of ether oxygens (including phenoxy) is 4. The minimum absolute atomic E-state index is 0.0459. The Hall–Kier alpha value is -6.62. The third kappa shape index (κ3) is 79.5. The van der Waals surface area contributed by atoms with Crippen LogP contribution in [0.2, 0.25) is 0 Å². The lowest BCUT2D eigenvalue weighted by atomic mass is 10.1. The van der Waals surface area contributed by atoms with E-state index in [-0.39, 0.29) is 25.7 Å². The van der Waals surface area contributed by atoms with Gasteiger partial charge in [-0.25, -0.2) is 9.13 Å². The molecule has 0 aliphatic heterocycles. The molecule has 0 spiro atoms. The van der Waals surface area contributed by atoms with Crippen LogP contribution in [-0.2, 0) is 65.4 Å². The van der Waals surface area contributed by atoms with Crippen molar-refractivity contribution in [2.45, 2.75) is 290 Å². The van der Waals surface area contributed by atoms with E-state index in [1.807, 2.05) is 48.6 Å². The molecule has 0 aromatic rings. The number of phosphoric acid groups is 2. The standard InChI is InChI=1S/C91H142O17P2/c1-5-9-13-17-21-25-29-33-37-40-42-45-49-53-57-61-65-69-73-77-90(95)107-86(81-101-88(93)75-71-67-63-59-55-51-47-36-32-28-24-20-16-12-8-4)83-105-109(97,98)103-79-85(92)80-104-110(99,100)106-84-87(82-102-89(94)76-72-68-64-60-56-52-48-44-39-35-31-27-23-19-15-11-7-3)108-91(96)78-74-70-66-62-58-54-50-46-43-41-38-34-30-26-22-18-14-10-6-2/h9-10,13-14,21-28,33-39,42-43,45-48,52-54,57-58,60,64-66,69-70,85-87,92H,5-8,11-12,15-20,29-32,40-41,44,49-51,55-56,59,61-63,67-68,71-84H2,1-4H3,(H,97,98)(H,99,100)/b13-9-,14-10-,25-21-,26-22-,27-23-,28-24-,37-33-,38-34-,39-35-,45-42-,46-43-,47-36-,52-48-,57-53-,58-54-,64-60-,69-65-,70-66-/t85-,86+,87+/m0/s1. The van der Waals surface area contributed by atoms with Crippen molar-refractivity contribution < 1.29 is 80.2 Å². The van der Waals surface area contributed by atoms with Gasteiger partial charge in [-0.1, -0.05) is 291 Å². The predicted octanol–water partition coefficient (Wildman–Crippen LogP) is 24.4. The monoisotopic (exact) mass is 1570 g/mol. The van der Waals surface area contributed by atoms with Gasteiger partial charge in [0.2, 0.25) is 0 Å². The summed E-state index contributed by atoms with van der Waals surface area (Å²) in [4.78, 5) is 73.1. The molecule has 2 unspecified atom stereocenters. The molecule has 0 heterocycles. The second-order valence-electron chi connectivity index (χ2n) is 26.2. The van der Waals surface area contributed by atoms with Gasteiger partial charge in [0.05, 0.1) is 26.4 Å². The Labute approximate surface area is 664 Å². The molecule has 3 N–H and O–H groups in total. The highest BCUT2D eigenvalue weighted by Gasteiger charge is 2.30. The first kappa shape index (κ1) is 103. The van der Waals surface area contributed by atoms with Crippen LogP contribution in [0, 0.1) is 0 Å². The Morgan fingerprint density at radius 3 is 0.800 bits per heavy atom. The van der Waals surface area contributed by atoms with Crippen LogP contribution in [0.1, 0.15) is 272 Å². The maximum atomic E-state index is 13.1. The molecule has 0 bridgehead atoms. The third-order valence-corrected chi connectivity index (χ3v) is 17.8. The van der Waals surface area contributed by atoms with Crippen molar-refractivity contribution in [1.82, 2.24) is 0 Å². The summed E-state index contributed by atoms with van der Waals surface area (Å²) >= 11 is 0. The molecule has 0 saturated carbocycles. The molecule has 0 aromatic heterocycles. The fraction of sp³-hybridized carbons (Fsp3) is 0.560.